The summed E-state index contributed by atoms with van der Waals surface area (Å²) >= 11 is 6.93. The van der Waals surface area contributed by atoms with E-state index in [4.69, 9.17) is 21.0 Å². The van der Waals surface area contributed by atoms with Crippen LogP contribution in [0.2, 0.25) is 5.02 Å². The fraction of sp³-hybridized carbons (Fsp3) is 0.265. The number of hydrogen-bond acceptors (Lipinski definition) is 8. The number of aromatic nitrogens is 3. The summed E-state index contributed by atoms with van der Waals surface area (Å²) in [5, 5.41) is 22.6. The van der Waals surface area contributed by atoms with E-state index in [0.717, 1.165) is 35.5 Å². The number of likely N-dealkylation sites (N-methyl/N-ethyl adjacent to an activating group) is 2. The topological polar surface area (TPSA) is 141 Å². The van der Waals surface area contributed by atoms with Crippen LogP contribution in [0.4, 0.5) is 11.4 Å². The van der Waals surface area contributed by atoms with Gasteiger partial charge in [-0.05, 0) is 56.3 Å². The smallest absolute Gasteiger partial charge is 0.326 e. The first kappa shape index (κ1) is 30.8. The molecule has 0 unspecified atom stereocenters. The first-order chi connectivity index (χ1) is 22.0. The largest absolute Gasteiger partial charge is 0.480 e. The number of halogens is 1. The summed E-state index contributed by atoms with van der Waals surface area (Å²) in [6, 6.07) is 15.8. The standard InChI is InChI=1S/C34H32ClN7O4/c1-18-22(24-10-7-11-25(29(24)35)38-32(43)31-37-27-17-40(3)13-12-28(27)42(31)5)8-6-9-23(18)33-39-26-15-21(41(4)19(2)34(44)45)14-20(16-36)30(26)46-33/h6-11,14-15,19H,12-13,17H2,1-5H3,(H,38,43)(H,44,45)/t19-/m0/s1. The van der Waals surface area contributed by atoms with Crippen molar-refractivity contribution in [1.82, 2.24) is 19.4 Å². The number of nitrogens with zero attached hydrogens (tertiary/aromatic N) is 6. The van der Waals surface area contributed by atoms with E-state index in [-0.39, 0.29) is 11.5 Å². The molecule has 1 atom stereocenters. The number of anilines is 2. The number of carbonyl (C=O) groups excluding carboxylic acids is 1. The zero-order valence-electron chi connectivity index (χ0n) is 26.1. The van der Waals surface area contributed by atoms with E-state index >= 15 is 0 Å². The number of rotatable bonds is 7. The van der Waals surface area contributed by atoms with Crippen LogP contribution in [0.5, 0.6) is 0 Å². The molecule has 0 saturated heterocycles. The maximum atomic E-state index is 13.4. The zero-order chi connectivity index (χ0) is 32.9. The molecular formula is C34H32ClN7O4. The highest BCUT2D eigenvalue weighted by atomic mass is 35.5. The molecule has 234 valence electrons. The molecular weight excluding hydrogens is 606 g/mol. The molecule has 0 spiro atoms. The van der Waals surface area contributed by atoms with Crippen molar-refractivity contribution in [2.75, 3.05) is 30.9 Å². The molecule has 0 fully saturated rings. The van der Waals surface area contributed by atoms with Crippen molar-refractivity contribution in [3.05, 3.63) is 81.9 Å². The van der Waals surface area contributed by atoms with Gasteiger partial charge in [-0.3, -0.25) is 4.79 Å². The van der Waals surface area contributed by atoms with E-state index in [1.54, 1.807) is 37.1 Å². The highest BCUT2D eigenvalue weighted by Crippen LogP contribution is 2.39. The van der Waals surface area contributed by atoms with E-state index in [1.807, 2.05) is 55.9 Å². The number of benzene rings is 3. The number of carbonyl (C=O) groups is 2. The van der Waals surface area contributed by atoms with Crippen molar-refractivity contribution in [2.45, 2.75) is 32.9 Å². The van der Waals surface area contributed by atoms with Crippen LogP contribution in [0.1, 0.15) is 40.1 Å². The predicted molar refractivity (Wildman–Crippen MR) is 176 cm³/mol. The number of oxazole rings is 1. The van der Waals surface area contributed by atoms with Crippen LogP contribution >= 0.6 is 11.6 Å². The van der Waals surface area contributed by atoms with Crippen molar-refractivity contribution >= 4 is 46.0 Å². The third kappa shape index (κ3) is 5.36. The molecule has 3 heterocycles. The van der Waals surface area contributed by atoms with E-state index in [9.17, 15) is 20.0 Å². The van der Waals surface area contributed by atoms with Crippen molar-refractivity contribution in [1.29, 1.82) is 5.26 Å². The number of carboxylic acid groups (broad SMARTS) is 1. The van der Waals surface area contributed by atoms with E-state index < -0.39 is 12.0 Å². The maximum absolute atomic E-state index is 13.4. The lowest BCUT2D eigenvalue weighted by Crippen LogP contribution is -2.35. The van der Waals surface area contributed by atoms with Gasteiger partial charge in [0.2, 0.25) is 5.89 Å². The van der Waals surface area contributed by atoms with E-state index in [0.29, 0.717) is 56.9 Å². The number of aliphatic carboxylic acids is 1. The Hall–Kier alpha value is -5.18. The molecule has 46 heavy (non-hydrogen) atoms. The van der Waals surface area contributed by atoms with Crippen LogP contribution in [-0.2, 0) is 24.8 Å². The van der Waals surface area contributed by atoms with Gasteiger partial charge in [0.05, 0.1) is 22.0 Å². The average Bonchev–Trinajstić information content (AvgIpc) is 3.61. The summed E-state index contributed by atoms with van der Waals surface area (Å²) in [6.07, 6.45) is 0.828. The van der Waals surface area contributed by atoms with Crippen LogP contribution in [0.15, 0.2) is 52.9 Å². The Bertz CT molecular complexity index is 2080. The number of nitrogens with one attached hydrogen (secondary N) is 1. The Morgan fingerprint density at radius 2 is 1.85 bits per heavy atom. The first-order valence-corrected chi connectivity index (χ1v) is 15.1. The quantitative estimate of drug-likeness (QED) is 0.224. The summed E-state index contributed by atoms with van der Waals surface area (Å²) in [7, 11) is 5.55. The predicted octanol–water partition coefficient (Wildman–Crippen LogP) is 5.88. The molecule has 0 saturated carbocycles. The van der Waals surface area contributed by atoms with Gasteiger partial charge in [-0.15, -0.1) is 0 Å². The van der Waals surface area contributed by atoms with Crippen molar-refractivity contribution in [3.63, 3.8) is 0 Å². The highest BCUT2D eigenvalue weighted by molar-refractivity contribution is 6.36. The molecule has 5 aromatic rings. The third-order valence-electron chi connectivity index (χ3n) is 8.69. The van der Waals surface area contributed by atoms with E-state index in [2.05, 4.69) is 21.3 Å². The Morgan fingerprint density at radius 3 is 2.59 bits per heavy atom. The number of amides is 1. The molecule has 0 aliphatic carbocycles. The van der Waals surface area contributed by atoms with Gasteiger partial charge in [0, 0.05) is 56.1 Å². The van der Waals surface area contributed by atoms with Gasteiger partial charge in [-0.2, -0.15) is 5.26 Å². The van der Waals surface area contributed by atoms with Gasteiger partial charge < -0.3 is 29.2 Å². The van der Waals surface area contributed by atoms with E-state index in [1.165, 1.54) is 0 Å². The van der Waals surface area contributed by atoms with Gasteiger partial charge in [0.15, 0.2) is 11.4 Å². The Labute approximate surface area is 270 Å². The van der Waals surface area contributed by atoms with Gasteiger partial charge in [0.25, 0.3) is 5.91 Å². The number of nitriles is 1. The summed E-state index contributed by atoms with van der Waals surface area (Å²) in [4.78, 5) is 38.0. The second kappa shape index (κ2) is 12.0. The molecule has 2 aromatic heterocycles. The lowest BCUT2D eigenvalue weighted by atomic mass is 9.96. The van der Waals surface area contributed by atoms with Gasteiger partial charge in [0.1, 0.15) is 17.6 Å². The van der Waals surface area contributed by atoms with Crippen LogP contribution in [-0.4, -0.2) is 63.1 Å². The second-order valence-corrected chi connectivity index (χ2v) is 12.0. The molecule has 11 nitrogen and oxygen atoms in total. The summed E-state index contributed by atoms with van der Waals surface area (Å²) in [6.45, 7) is 5.10. The molecule has 3 aromatic carbocycles. The van der Waals surface area contributed by atoms with Gasteiger partial charge in [-0.25, -0.2) is 14.8 Å². The van der Waals surface area contributed by atoms with Crippen LogP contribution < -0.4 is 10.2 Å². The van der Waals surface area contributed by atoms with Crippen LogP contribution in [0, 0.1) is 18.3 Å². The van der Waals surface area contributed by atoms with Crippen molar-refractivity contribution in [3.8, 4) is 28.7 Å². The minimum absolute atomic E-state index is 0.247. The fourth-order valence-corrected chi connectivity index (χ4v) is 6.12. The van der Waals surface area contributed by atoms with Crippen LogP contribution in [0.25, 0.3) is 33.7 Å². The Balaban J connectivity index is 1.34. The second-order valence-electron chi connectivity index (χ2n) is 11.6. The molecule has 2 N–H and O–H groups in total. The lowest BCUT2D eigenvalue weighted by molar-refractivity contribution is -0.138. The number of imidazole rings is 1. The molecule has 0 radical (unpaired) electrons. The van der Waals surface area contributed by atoms with Gasteiger partial charge >= 0.3 is 5.97 Å². The molecule has 1 amide bonds. The minimum Gasteiger partial charge on any atom is -0.480 e. The highest BCUT2D eigenvalue weighted by Gasteiger charge is 2.25. The minimum atomic E-state index is -0.986. The molecule has 1 aliphatic heterocycles. The lowest BCUT2D eigenvalue weighted by Gasteiger charge is -2.23. The molecule has 6 rings (SSSR count). The number of fused-ring (bicyclic) bond motifs is 2. The monoisotopic (exact) mass is 637 g/mol. The maximum Gasteiger partial charge on any atom is 0.326 e. The Morgan fingerprint density at radius 1 is 1.13 bits per heavy atom. The molecule has 12 heteroatoms. The summed E-state index contributed by atoms with van der Waals surface area (Å²) < 4.78 is 7.98. The third-order valence-corrected chi connectivity index (χ3v) is 9.10. The normalized spacial score (nSPS) is 13.7. The molecule has 1 aliphatic rings. The zero-order valence-corrected chi connectivity index (χ0v) is 26.8. The molecule has 0 bridgehead atoms. The van der Waals surface area contributed by atoms with Crippen molar-refractivity contribution < 1.29 is 19.1 Å². The average molecular weight is 638 g/mol. The number of hydrogen-bond donors (Lipinski definition) is 2. The summed E-state index contributed by atoms with van der Waals surface area (Å²) in [5.41, 5.74) is 7.01. The van der Waals surface area contributed by atoms with Gasteiger partial charge in [-0.1, -0.05) is 35.9 Å². The number of carboxylic acids is 1. The summed E-state index contributed by atoms with van der Waals surface area (Å²) in [5.74, 6) is -0.687. The van der Waals surface area contributed by atoms with Crippen molar-refractivity contribution in [2.24, 2.45) is 7.05 Å². The Kier molecular flexibility index (Phi) is 8.02. The van der Waals surface area contributed by atoms with Crippen LogP contribution in [0.3, 0.4) is 0 Å². The SMILES string of the molecule is Cc1c(-c2nc3cc(N(C)[C@@H](C)C(=O)O)cc(C#N)c3o2)cccc1-c1cccc(NC(=O)c2nc3c(n2C)CCN(C)C3)c1Cl. The first-order valence-electron chi connectivity index (χ1n) is 14.7. The fourth-order valence-electron chi connectivity index (χ4n) is 5.84.